The average molecular weight is 757 g/mol. The highest BCUT2D eigenvalue weighted by molar-refractivity contribution is 7.93. The van der Waals surface area contributed by atoms with E-state index in [4.69, 9.17) is 9.47 Å². The molecule has 0 unspecified atom stereocenters. The van der Waals surface area contributed by atoms with Crippen LogP contribution in [0.3, 0.4) is 0 Å². The van der Waals surface area contributed by atoms with Gasteiger partial charge < -0.3 is 9.47 Å². The molecule has 0 radical (unpaired) electrons. The highest BCUT2D eigenvalue weighted by Gasteiger charge is 2.20. The first-order valence-electron chi connectivity index (χ1n) is 19.9. The summed E-state index contributed by atoms with van der Waals surface area (Å²) < 4.78 is 69.8. The molecule has 2 N–H and O–H groups in total. The minimum absolute atomic E-state index is 0.0461. The van der Waals surface area contributed by atoms with Crippen LogP contribution in [0.5, 0.6) is 11.5 Å². The van der Waals surface area contributed by atoms with Gasteiger partial charge in [-0.25, -0.2) is 16.8 Å². The smallest absolute Gasteiger partial charge is 0.261 e. The highest BCUT2D eigenvalue weighted by atomic mass is 32.2. The quantitative estimate of drug-likeness (QED) is 0.0655. The van der Waals surface area contributed by atoms with Gasteiger partial charge in [0.15, 0.2) is 0 Å². The monoisotopic (exact) mass is 756 g/mol. The Morgan fingerprint density at radius 2 is 0.692 bits per heavy atom. The zero-order chi connectivity index (χ0) is 37.3. The Morgan fingerprint density at radius 1 is 0.404 bits per heavy atom. The zero-order valence-corrected chi connectivity index (χ0v) is 33.4. The van der Waals surface area contributed by atoms with Crippen LogP contribution in [0.25, 0.3) is 0 Å². The van der Waals surface area contributed by atoms with E-state index in [2.05, 4.69) is 23.3 Å². The molecule has 0 bridgehead atoms. The van der Waals surface area contributed by atoms with Crippen molar-refractivity contribution in [2.75, 3.05) is 22.7 Å². The number of hydrogen-bond donors (Lipinski definition) is 2. The minimum Gasteiger partial charge on any atom is -0.494 e. The van der Waals surface area contributed by atoms with Crippen LogP contribution in [0.1, 0.15) is 142 Å². The average Bonchev–Trinajstić information content (AvgIpc) is 3.14. The third-order valence-electron chi connectivity index (χ3n) is 9.22. The molecule has 52 heavy (non-hydrogen) atoms. The molecule has 0 aromatic heterocycles. The van der Waals surface area contributed by atoms with E-state index in [0.717, 1.165) is 25.7 Å². The summed E-state index contributed by atoms with van der Waals surface area (Å²) in [5.74, 6) is 1.22. The van der Waals surface area contributed by atoms with Crippen LogP contribution < -0.4 is 18.9 Å². The summed E-state index contributed by atoms with van der Waals surface area (Å²) in [6, 6.07) is 18.8. The van der Waals surface area contributed by atoms with E-state index in [0.29, 0.717) is 24.7 Å². The maximum absolute atomic E-state index is 13.3. The number of anilines is 2. The van der Waals surface area contributed by atoms with Gasteiger partial charge in [-0.2, -0.15) is 0 Å². The molecule has 3 aromatic carbocycles. The molecule has 0 heterocycles. The molecule has 0 aliphatic carbocycles. The normalized spacial score (nSPS) is 11.7. The maximum atomic E-state index is 13.3. The van der Waals surface area contributed by atoms with E-state index in [1.807, 2.05) is 0 Å². The van der Waals surface area contributed by atoms with E-state index in [9.17, 15) is 16.8 Å². The number of nitrogens with one attached hydrogen (secondary N) is 2. The van der Waals surface area contributed by atoms with E-state index in [-0.39, 0.29) is 21.2 Å². The Bertz CT molecular complexity index is 1470. The molecule has 0 spiro atoms. The molecule has 0 saturated heterocycles. The topological polar surface area (TPSA) is 111 Å². The number of ether oxygens (including phenoxy) is 2. The van der Waals surface area contributed by atoms with Crippen LogP contribution in [0.4, 0.5) is 11.4 Å². The van der Waals surface area contributed by atoms with E-state index in [1.54, 1.807) is 36.4 Å². The van der Waals surface area contributed by atoms with Gasteiger partial charge in [0.05, 0.1) is 34.4 Å². The van der Waals surface area contributed by atoms with Crippen molar-refractivity contribution in [3.63, 3.8) is 0 Å². The number of rotatable bonds is 30. The molecule has 8 nitrogen and oxygen atoms in total. The Morgan fingerprint density at radius 3 is 1.00 bits per heavy atom. The van der Waals surface area contributed by atoms with Crippen LogP contribution in [0.15, 0.2) is 82.6 Å². The molecule has 0 amide bonds. The fourth-order valence-electron chi connectivity index (χ4n) is 6.06. The first-order chi connectivity index (χ1) is 25.2. The lowest BCUT2D eigenvalue weighted by atomic mass is 10.1. The largest absolute Gasteiger partial charge is 0.494 e. The summed E-state index contributed by atoms with van der Waals surface area (Å²) >= 11 is 0. The SMILES string of the molecule is CCCCCCCCCCCCOc1ccc(S(=O)(=O)Nc2ccccc2NS(=O)(=O)c2ccc(OCCCCCCCCCCCC)cc2)cc1. The van der Waals surface area contributed by atoms with Crippen LogP contribution >= 0.6 is 0 Å². The molecule has 10 heteroatoms. The van der Waals surface area contributed by atoms with Crippen molar-refractivity contribution >= 4 is 31.4 Å². The fraction of sp³-hybridized carbons (Fsp3) is 0.571. The molecule has 0 fully saturated rings. The highest BCUT2D eigenvalue weighted by Crippen LogP contribution is 2.28. The fourth-order valence-corrected chi connectivity index (χ4v) is 8.22. The van der Waals surface area contributed by atoms with Gasteiger partial charge in [0.1, 0.15) is 11.5 Å². The molecule has 0 aliphatic rings. The minimum atomic E-state index is -4.00. The number of hydrogen-bond acceptors (Lipinski definition) is 6. The third kappa shape index (κ3) is 17.1. The molecular formula is C42H64N2O6S2. The Hall–Kier alpha value is -3.24. The molecule has 0 atom stereocenters. The van der Waals surface area contributed by atoms with E-state index in [1.165, 1.54) is 139 Å². The van der Waals surface area contributed by atoms with Crippen molar-refractivity contribution in [1.82, 2.24) is 0 Å². The predicted molar refractivity (Wildman–Crippen MR) is 216 cm³/mol. The number of benzene rings is 3. The number of unbranched alkanes of at least 4 members (excludes halogenated alkanes) is 18. The summed E-state index contributed by atoms with van der Waals surface area (Å²) in [6.45, 7) is 5.65. The first-order valence-corrected chi connectivity index (χ1v) is 22.8. The Balaban J connectivity index is 1.42. The second-order valence-corrected chi connectivity index (χ2v) is 17.1. The van der Waals surface area contributed by atoms with Crippen molar-refractivity contribution in [3.05, 3.63) is 72.8 Å². The molecule has 0 aliphatic heterocycles. The van der Waals surface area contributed by atoms with Crippen molar-refractivity contribution in [2.45, 2.75) is 152 Å². The second-order valence-electron chi connectivity index (χ2n) is 13.8. The van der Waals surface area contributed by atoms with Gasteiger partial charge >= 0.3 is 0 Å². The zero-order valence-electron chi connectivity index (χ0n) is 31.8. The standard InChI is InChI=1S/C42H64N2O6S2/c1-3-5-7-9-11-13-15-17-19-23-35-49-37-27-31-39(32-28-37)51(45,46)43-41-25-21-22-26-42(41)44-52(47,48)40-33-29-38(30-34-40)50-36-24-20-18-16-14-12-10-8-6-4-2/h21-22,25-34,43-44H,3-20,23-24,35-36H2,1-2H3. The van der Waals surface area contributed by atoms with Crippen molar-refractivity contribution in [3.8, 4) is 11.5 Å². The Labute approximate surface area is 315 Å². The molecular weight excluding hydrogens is 693 g/mol. The summed E-state index contributed by atoms with van der Waals surface area (Å²) in [6.07, 6.45) is 25.0. The van der Waals surface area contributed by atoms with Crippen LogP contribution in [0.2, 0.25) is 0 Å². The summed E-state index contributed by atoms with van der Waals surface area (Å²) in [4.78, 5) is 0.0923. The van der Waals surface area contributed by atoms with Crippen molar-refractivity contribution < 1.29 is 26.3 Å². The lowest BCUT2D eigenvalue weighted by Crippen LogP contribution is -2.17. The van der Waals surface area contributed by atoms with Crippen molar-refractivity contribution in [2.24, 2.45) is 0 Å². The van der Waals surface area contributed by atoms with Gasteiger partial charge in [0.25, 0.3) is 20.0 Å². The van der Waals surface area contributed by atoms with Gasteiger partial charge in [-0.1, -0.05) is 142 Å². The second kappa shape index (κ2) is 24.9. The lowest BCUT2D eigenvalue weighted by molar-refractivity contribution is 0.304. The van der Waals surface area contributed by atoms with Crippen LogP contribution in [-0.4, -0.2) is 30.0 Å². The number of sulfonamides is 2. The summed E-state index contributed by atoms with van der Waals surface area (Å²) in [5.41, 5.74) is 0.229. The molecule has 0 saturated carbocycles. The van der Waals surface area contributed by atoms with Gasteiger partial charge in [-0.15, -0.1) is 0 Å². The predicted octanol–water partition coefficient (Wildman–Crippen LogP) is 11.9. The molecule has 3 aromatic rings. The maximum Gasteiger partial charge on any atom is 0.261 e. The van der Waals surface area contributed by atoms with Gasteiger partial charge in [-0.3, -0.25) is 9.44 Å². The summed E-state index contributed by atoms with van der Waals surface area (Å²) in [5, 5.41) is 0. The third-order valence-corrected chi connectivity index (χ3v) is 12.0. The Kier molecular flexibility index (Phi) is 20.7. The van der Waals surface area contributed by atoms with E-state index < -0.39 is 20.0 Å². The van der Waals surface area contributed by atoms with Gasteiger partial charge in [0.2, 0.25) is 0 Å². The van der Waals surface area contributed by atoms with Gasteiger partial charge in [-0.05, 0) is 73.5 Å². The van der Waals surface area contributed by atoms with Crippen LogP contribution in [-0.2, 0) is 20.0 Å². The van der Waals surface area contributed by atoms with Crippen LogP contribution in [0, 0.1) is 0 Å². The lowest BCUT2D eigenvalue weighted by Gasteiger charge is -2.15. The van der Waals surface area contributed by atoms with Gasteiger partial charge in [0, 0.05) is 0 Å². The molecule has 290 valence electrons. The molecule has 3 rings (SSSR count). The van der Waals surface area contributed by atoms with E-state index >= 15 is 0 Å². The number of para-hydroxylation sites is 2. The first kappa shape index (κ1) is 43.2. The summed E-state index contributed by atoms with van der Waals surface area (Å²) in [7, 11) is -8.01. The van der Waals surface area contributed by atoms with Crippen molar-refractivity contribution in [1.29, 1.82) is 0 Å².